The smallest absolute Gasteiger partial charge is 0.323 e. The van der Waals surface area contributed by atoms with E-state index in [2.05, 4.69) is 57.1 Å². The minimum Gasteiger partial charge on any atom is -0.486 e. The molecule has 0 saturated carbocycles. The second-order valence-electron chi connectivity index (χ2n) is 11.8. The Morgan fingerprint density at radius 2 is 1.76 bits per heavy atom. The number of aromatic nitrogens is 1. The Balaban J connectivity index is 1.38. The minimum atomic E-state index is -0.517. The van der Waals surface area contributed by atoms with Crippen LogP contribution in [-0.2, 0) is 6.54 Å². The zero-order chi connectivity index (χ0) is 32.1. The van der Waals surface area contributed by atoms with Crippen LogP contribution in [0, 0.1) is 19.8 Å². The molecule has 1 aliphatic rings. The van der Waals surface area contributed by atoms with Crippen LogP contribution in [0.3, 0.4) is 0 Å². The number of aliphatic hydroxyl groups excluding tert-OH is 1. The van der Waals surface area contributed by atoms with Crippen molar-refractivity contribution < 1.29 is 24.0 Å². The van der Waals surface area contributed by atoms with Crippen LogP contribution >= 0.6 is 0 Å². The first-order chi connectivity index (χ1) is 21.6. The maximum Gasteiger partial charge on any atom is 0.323 e. The summed E-state index contributed by atoms with van der Waals surface area (Å²) >= 11 is 0. The van der Waals surface area contributed by atoms with E-state index in [4.69, 9.17) is 9.26 Å². The normalized spacial score (nSPS) is 17.2. The highest BCUT2D eigenvalue weighted by atomic mass is 16.5. The lowest BCUT2D eigenvalue weighted by Crippen LogP contribution is -2.49. The van der Waals surface area contributed by atoms with E-state index < -0.39 is 12.1 Å². The summed E-state index contributed by atoms with van der Waals surface area (Å²) in [5.74, 6) is 0.433. The maximum absolute atomic E-state index is 13.8. The van der Waals surface area contributed by atoms with Gasteiger partial charge in [0.05, 0.1) is 23.9 Å². The summed E-state index contributed by atoms with van der Waals surface area (Å²) in [6, 6.07) is 23.0. The van der Waals surface area contributed by atoms with Crippen molar-refractivity contribution in [2.75, 3.05) is 37.4 Å². The number of carbonyl (C=O) groups excluding carboxylic acids is 2. The number of ether oxygens (including phenoxy) is 1. The van der Waals surface area contributed by atoms with Gasteiger partial charge in [0.15, 0.2) is 11.5 Å². The van der Waals surface area contributed by atoms with Gasteiger partial charge in [0.2, 0.25) is 0 Å². The number of nitrogens with one attached hydrogen (secondary N) is 2. The molecule has 0 unspecified atom stereocenters. The SMILES string of the molecule is Cc1noc(C)c1NC(=O)Nc1cccc2c1O[C@H](CN(C)Cc1ccc(-c3ccccc3)cc1)[C@H](C)CN([C@H](C)CO)C2=O. The number of carbonyl (C=O) groups is 2. The molecule has 0 spiro atoms. The number of rotatable bonds is 9. The lowest BCUT2D eigenvalue weighted by Gasteiger charge is -2.38. The molecule has 0 fully saturated rings. The number of nitrogens with zero attached hydrogens (tertiary/aromatic N) is 3. The first-order valence-electron chi connectivity index (χ1n) is 15.2. The average Bonchev–Trinajstić information content (AvgIpc) is 3.35. The number of para-hydroxylation sites is 1. The highest BCUT2D eigenvalue weighted by Gasteiger charge is 2.34. The lowest BCUT2D eigenvalue weighted by atomic mass is 9.98. The molecule has 3 aromatic carbocycles. The predicted octanol–water partition coefficient (Wildman–Crippen LogP) is 5.95. The van der Waals surface area contributed by atoms with Gasteiger partial charge in [-0.25, -0.2) is 4.79 Å². The van der Waals surface area contributed by atoms with Crippen molar-refractivity contribution in [3.63, 3.8) is 0 Å². The van der Waals surface area contributed by atoms with Gasteiger partial charge in [0.25, 0.3) is 5.91 Å². The first kappa shape index (κ1) is 31.7. The Kier molecular flexibility index (Phi) is 9.85. The fourth-order valence-electron chi connectivity index (χ4n) is 5.60. The predicted molar refractivity (Wildman–Crippen MR) is 174 cm³/mol. The molecule has 0 radical (unpaired) electrons. The number of benzene rings is 3. The fourth-order valence-corrected chi connectivity index (χ4v) is 5.60. The number of anilines is 2. The van der Waals surface area contributed by atoms with Crippen LogP contribution in [0.25, 0.3) is 11.1 Å². The van der Waals surface area contributed by atoms with E-state index in [1.807, 2.05) is 39.1 Å². The highest BCUT2D eigenvalue weighted by molar-refractivity contribution is 6.04. The quantitative estimate of drug-likeness (QED) is 0.214. The van der Waals surface area contributed by atoms with Gasteiger partial charge in [0.1, 0.15) is 17.5 Å². The molecule has 2 heterocycles. The van der Waals surface area contributed by atoms with Crippen molar-refractivity contribution in [3.8, 4) is 16.9 Å². The van der Waals surface area contributed by atoms with E-state index in [1.165, 1.54) is 11.1 Å². The molecule has 3 amide bonds. The number of fused-ring (bicyclic) bond motifs is 1. The summed E-state index contributed by atoms with van der Waals surface area (Å²) in [5.41, 5.74) is 5.22. The fraction of sp³-hybridized carbons (Fsp3) is 0.343. The van der Waals surface area contributed by atoms with Gasteiger partial charge in [-0.1, -0.05) is 72.7 Å². The molecule has 5 rings (SSSR count). The van der Waals surface area contributed by atoms with E-state index in [0.29, 0.717) is 53.8 Å². The molecule has 0 aliphatic carbocycles. The van der Waals surface area contributed by atoms with E-state index in [0.717, 1.165) is 5.56 Å². The summed E-state index contributed by atoms with van der Waals surface area (Å²) in [4.78, 5) is 30.8. The van der Waals surface area contributed by atoms with Crippen molar-refractivity contribution >= 4 is 23.3 Å². The third-order valence-corrected chi connectivity index (χ3v) is 8.22. The number of aryl methyl sites for hydroxylation is 2. The molecule has 3 N–H and O–H groups in total. The van der Waals surface area contributed by atoms with Gasteiger partial charge in [-0.05, 0) is 56.6 Å². The standard InChI is InChI=1S/C35H41N5O5/c1-22-18-40(23(2)21-41)34(42)29-12-9-13-30(36-35(43)37-32-24(3)38-45-25(32)4)33(29)44-31(22)20-39(5)19-26-14-16-28(17-15-26)27-10-7-6-8-11-27/h6-17,22-23,31,41H,18-21H2,1-5H3,(H2,36,37,43)/t22-,23-,31-/m1/s1. The van der Waals surface area contributed by atoms with Crippen LogP contribution in [0.4, 0.5) is 16.2 Å². The maximum atomic E-state index is 13.8. The topological polar surface area (TPSA) is 120 Å². The molecule has 10 nitrogen and oxygen atoms in total. The molecule has 1 aliphatic heterocycles. The Bertz CT molecular complexity index is 1600. The Morgan fingerprint density at radius 3 is 2.42 bits per heavy atom. The van der Waals surface area contributed by atoms with Gasteiger partial charge in [-0.3, -0.25) is 9.69 Å². The zero-order valence-electron chi connectivity index (χ0n) is 26.4. The molecular formula is C35H41N5O5. The van der Waals surface area contributed by atoms with E-state index in [9.17, 15) is 14.7 Å². The molecule has 1 aromatic heterocycles. The molecule has 0 bridgehead atoms. The Morgan fingerprint density at radius 1 is 1.04 bits per heavy atom. The van der Waals surface area contributed by atoms with Gasteiger partial charge < -0.3 is 29.9 Å². The van der Waals surface area contributed by atoms with E-state index in [1.54, 1.807) is 36.9 Å². The largest absolute Gasteiger partial charge is 0.486 e. The number of likely N-dealkylation sites (N-methyl/N-ethyl adjacent to an activating group) is 1. The van der Waals surface area contributed by atoms with E-state index in [-0.39, 0.29) is 24.5 Å². The minimum absolute atomic E-state index is 0.0804. The van der Waals surface area contributed by atoms with Crippen molar-refractivity contribution in [1.82, 2.24) is 15.0 Å². The molecule has 4 aromatic rings. The van der Waals surface area contributed by atoms with Crippen LogP contribution in [0.2, 0.25) is 0 Å². The third kappa shape index (κ3) is 7.35. The lowest BCUT2D eigenvalue weighted by molar-refractivity contribution is 0.0343. The van der Waals surface area contributed by atoms with Crippen LogP contribution in [-0.4, -0.2) is 70.9 Å². The van der Waals surface area contributed by atoms with Gasteiger partial charge in [-0.2, -0.15) is 0 Å². The monoisotopic (exact) mass is 611 g/mol. The number of urea groups is 1. The number of aliphatic hydroxyl groups is 1. The van der Waals surface area contributed by atoms with Crippen LogP contribution in [0.1, 0.15) is 41.2 Å². The summed E-state index contributed by atoms with van der Waals surface area (Å²) in [5, 5.41) is 19.5. The summed E-state index contributed by atoms with van der Waals surface area (Å²) in [6.07, 6.45) is -0.326. The van der Waals surface area contributed by atoms with Crippen LogP contribution in [0.5, 0.6) is 5.75 Å². The number of amides is 3. The van der Waals surface area contributed by atoms with Crippen molar-refractivity contribution in [2.45, 2.75) is 46.4 Å². The zero-order valence-corrected chi connectivity index (χ0v) is 26.4. The summed E-state index contributed by atoms with van der Waals surface area (Å²) in [6.45, 7) is 8.83. The van der Waals surface area contributed by atoms with Gasteiger partial charge >= 0.3 is 6.03 Å². The van der Waals surface area contributed by atoms with Crippen LogP contribution < -0.4 is 15.4 Å². The van der Waals surface area contributed by atoms with Crippen molar-refractivity contribution in [3.05, 3.63) is 95.4 Å². The average molecular weight is 612 g/mol. The summed E-state index contributed by atoms with van der Waals surface area (Å²) < 4.78 is 11.8. The number of hydrogen-bond donors (Lipinski definition) is 3. The second kappa shape index (κ2) is 14.0. The van der Waals surface area contributed by atoms with Gasteiger partial charge in [0, 0.05) is 25.6 Å². The number of hydrogen-bond acceptors (Lipinski definition) is 7. The third-order valence-electron chi connectivity index (χ3n) is 8.22. The Labute approximate surface area is 264 Å². The second-order valence-corrected chi connectivity index (χ2v) is 11.8. The highest BCUT2D eigenvalue weighted by Crippen LogP contribution is 2.35. The van der Waals surface area contributed by atoms with Crippen molar-refractivity contribution in [2.24, 2.45) is 5.92 Å². The first-order valence-corrected chi connectivity index (χ1v) is 15.2. The molecule has 10 heteroatoms. The van der Waals surface area contributed by atoms with Crippen LogP contribution in [0.15, 0.2) is 77.3 Å². The molecule has 45 heavy (non-hydrogen) atoms. The summed E-state index contributed by atoms with van der Waals surface area (Å²) in [7, 11) is 2.04. The molecule has 236 valence electrons. The van der Waals surface area contributed by atoms with E-state index >= 15 is 0 Å². The molecule has 0 saturated heterocycles. The van der Waals surface area contributed by atoms with Gasteiger partial charge in [-0.15, -0.1) is 0 Å². The van der Waals surface area contributed by atoms with Crippen molar-refractivity contribution in [1.29, 1.82) is 0 Å². The molecule has 3 atom stereocenters. The molecular weight excluding hydrogens is 570 g/mol. The Hall–Kier alpha value is -4.67.